The molecule has 0 aliphatic carbocycles. The number of halogens is 7. The Morgan fingerprint density at radius 3 is 2.39 bits per heavy atom. The molecule has 0 unspecified atom stereocenters. The Balaban J connectivity index is 2.22. The Labute approximate surface area is 160 Å². The summed E-state index contributed by atoms with van der Waals surface area (Å²) in [6, 6.07) is 1.46. The lowest BCUT2D eigenvalue weighted by Crippen LogP contribution is -2.32. The molecule has 0 spiro atoms. The number of aryl methyl sites for hydroxylation is 1. The molecule has 1 aromatic carbocycles. The van der Waals surface area contributed by atoms with E-state index < -0.39 is 35.1 Å². The quantitative estimate of drug-likeness (QED) is 0.537. The van der Waals surface area contributed by atoms with Gasteiger partial charge in [-0.05, 0) is 31.5 Å². The van der Waals surface area contributed by atoms with Crippen molar-refractivity contribution in [2.75, 3.05) is 18.1 Å². The van der Waals surface area contributed by atoms with Crippen LogP contribution in [0.15, 0.2) is 18.2 Å². The van der Waals surface area contributed by atoms with Crippen molar-refractivity contribution in [3.05, 3.63) is 45.9 Å². The summed E-state index contributed by atoms with van der Waals surface area (Å²) in [6.45, 7) is 1.19. The molecule has 1 N–H and O–H groups in total. The second-order valence-corrected chi connectivity index (χ2v) is 6.70. The van der Waals surface area contributed by atoms with E-state index in [-0.39, 0.29) is 48.0 Å². The summed E-state index contributed by atoms with van der Waals surface area (Å²) in [5, 5.41) is 9.55. The number of nitrogens with zero attached hydrogens (tertiary/aromatic N) is 3. The number of aliphatic hydroxyl groups is 1. The van der Waals surface area contributed by atoms with Gasteiger partial charge in [0.2, 0.25) is 0 Å². The first-order chi connectivity index (χ1) is 12.9. The zero-order chi connectivity index (χ0) is 20.9. The molecule has 1 aliphatic heterocycles. The van der Waals surface area contributed by atoms with Gasteiger partial charge in [0, 0.05) is 18.0 Å². The Morgan fingerprint density at radius 1 is 1.14 bits per heavy atom. The van der Waals surface area contributed by atoms with Crippen LogP contribution in [0.3, 0.4) is 0 Å². The first-order valence-electron chi connectivity index (χ1n) is 8.14. The highest BCUT2D eigenvalue weighted by Crippen LogP contribution is 2.46. The van der Waals surface area contributed by atoms with Gasteiger partial charge in [-0.2, -0.15) is 26.3 Å². The second kappa shape index (κ2) is 7.07. The van der Waals surface area contributed by atoms with E-state index in [4.69, 9.17) is 11.6 Å². The predicted octanol–water partition coefficient (Wildman–Crippen LogP) is 5.09. The van der Waals surface area contributed by atoms with Gasteiger partial charge in [-0.1, -0.05) is 11.6 Å². The third kappa shape index (κ3) is 3.75. The number of benzene rings is 1. The van der Waals surface area contributed by atoms with Crippen molar-refractivity contribution in [2.45, 2.75) is 31.6 Å². The van der Waals surface area contributed by atoms with Crippen molar-refractivity contribution >= 4 is 23.1 Å². The predicted molar refractivity (Wildman–Crippen MR) is 89.7 cm³/mol. The van der Waals surface area contributed by atoms with Gasteiger partial charge in [0.25, 0.3) is 0 Å². The van der Waals surface area contributed by atoms with Crippen LogP contribution in [0, 0.1) is 6.92 Å². The van der Waals surface area contributed by atoms with Crippen molar-refractivity contribution < 1.29 is 31.4 Å². The molecule has 2 aromatic rings. The second-order valence-electron chi connectivity index (χ2n) is 6.35. The summed E-state index contributed by atoms with van der Waals surface area (Å²) < 4.78 is 79.4. The maximum atomic E-state index is 13.6. The molecule has 1 aliphatic rings. The molecule has 3 rings (SSSR count). The van der Waals surface area contributed by atoms with Gasteiger partial charge in [-0.3, -0.25) is 0 Å². The number of fused-ring (bicyclic) bond motifs is 1. The summed E-state index contributed by atoms with van der Waals surface area (Å²) in [5.74, 6) is -0.246. The van der Waals surface area contributed by atoms with Crippen molar-refractivity contribution in [1.82, 2.24) is 9.97 Å². The van der Waals surface area contributed by atoms with Gasteiger partial charge in [-0.25, -0.2) is 9.97 Å². The number of rotatable bonds is 2. The molecule has 1 aromatic heterocycles. The molecule has 0 radical (unpaired) electrons. The van der Waals surface area contributed by atoms with Crippen LogP contribution in [0.2, 0.25) is 5.15 Å². The Kier molecular flexibility index (Phi) is 5.22. The fourth-order valence-electron chi connectivity index (χ4n) is 3.22. The van der Waals surface area contributed by atoms with Crippen LogP contribution in [0.5, 0.6) is 0 Å². The molecule has 2 heterocycles. The topological polar surface area (TPSA) is 49.2 Å². The van der Waals surface area contributed by atoms with Gasteiger partial charge in [0.05, 0.1) is 23.4 Å². The van der Waals surface area contributed by atoms with Crippen LogP contribution in [-0.4, -0.2) is 28.2 Å². The van der Waals surface area contributed by atoms with E-state index in [0.29, 0.717) is 6.07 Å². The van der Waals surface area contributed by atoms with E-state index in [1.54, 1.807) is 0 Å². The average molecular weight is 426 g/mol. The summed E-state index contributed by atoms with van der Waals surface area (Å²) >= 11 is 6.13. The zero-order valence-corrected chi connectivity index (χ0v) is 15.1. The monoisotopic (exact) mass is 425 g/mol. The number of anilines is 2. The van der Waals surface area contributed by atoms with Crippen LogP contribution in [0.4, 0.5) is 37.8 Å². The van der Waals surface area contributed by atoms with E-state index in [0.717, 1.165) is 6.07 Å². The number of aromatic nitrogens is 2. The normalized spacial score (nSPS) is 17.6. The largest absolute Gasteiger partial charge is 0.418 e. The minimum absolute atomic E-state index is 0.00767. The molecule has 11 heteroatoms. The lowest BCUT2D eigenvalue weighted by Gasteiger charge is -2.35. The van der Waals surface area contributed by atoms with Crippen molar-refractivity contribution in [1.29, 1.82) is 0 Å². The number of alkyl halides is 6. The highest BCUT2D eigenvalue weighted by molar-refractivity contribution is 6.30. The fourth-order valence-corrected chi connectivity index (χ4v) is 3.58. The first-order valence-corrected chi connectivity index (χ1v) is 8.52. The summed E-state index contributed by atoms with van der Waals surface area (Å²) in [5.41, 5.74) is -3.02. The van der Waals surface area contributed by atoms with Crippen LogP contribution in [-0.2, 0) is 12.4 Å². The third-order valence-electron chi connectivity index (χ3n) is 4.50. The zero-order valence-electron chi connectivity index (χ0n) is 14.4. The summed E-state index contributed by atoms with van der Waals surface area (Å²) in [6.07, 6.45) is -9.70. The minimum Gasteiger partial charge on any atom is -0.396 e. The van der Waals surface area contributed by atoms with Gasteiger partial charge in [0.15, 0.2) is 0 Å². The maximum Gasteiger partial charge on any atom is 0.418 e. The summed E-state index contributed by atoms with van der Waals surface area (Å²) in [7, 11) is 0. The molecule has 152 valence electrons. The molecule has 4 nitrogen and oxygen atoms in total. The van der Waals surface area contributed by atoms with E-state index in [1.165, 1.54) is 11.8 Å². The van der Waals surface area contributed by atoms with Crippen LogP contribution in [0.1, 0.15) is 34.9 Å². The molecule has 0 saturated carbocycles. The highest BCUT2D eigenvalue weighted by atomic mass is 35.5. The van der Waals surface area contributed by atoms with Crippen LogP contribution < -0.4 is 4.90 Å². The maximum absolute atomic E-state index is 13.6. The SMILES string of the molecule is Cc1nc(Cl)c2c(n1)N(c1ccc(C(F)(F)F)cc1C(F)(F)F)CC[C@@H]2CO. The first kappa shape index (κ1) is 20.7. The van der Waals surface area contributed by atoms with Gasteiger partial charge in [-0.15, -0.1) is 0 Å². The Bertz CT molecular complexity index is 900. The molecule has 0 saturated heterocycles. The average Bonchev–Trinajstić information content (AvgIpc) is 2.58. The lowest BCUT2D eigenvalue weighted by atomic mass is 9.93. The van der Waals surface area contributed by atoms with Gasteiger partial charge < -0.3 is 10.0 Å². The van der Waals surface area contributed by atoms with E-state index >= 15 is 0 Å². The smallest absolute Gasteiger partial charge is 0.396 e. The van der Waals surface area contributed by atoms with Gasteiger partial charge in [0.1, 0.15) is 16.8 Å². The standard InChI is InChI=1S/C17H14ClF6N3O/c1-8-25-14(18)13-9(7-28)4-5-27(15(13)26-8)12-3-2-10(16(19,20)21)6-11(12)17(22,23)24/h2-3,6,9,28H,4-5,7H2,1H3/t9-/m1/s1. The molecular weight excluding hydrogens is 412 g/mol. The van der Waals surface area contributed by atoms with Crippen LogP contribution in [0.25, 0.3) is 0 Å². The number of hydrogen-bond donors (Lipinski definition) is 1. The van der Waals surface area contributed by atoms with Crippen molar-refractivity contribution in [3.8, 4) is 0 Å². The number of aliphatic hydroxyl groups excluding tert-OH is 1. The molecule has 28 heavy (non-hydrogen) atoms. The Morgan fingerprint density at radius 2 is 1.82 bits per heavy atom. The molecule has 0 amide bonds. The van der Waals surface area contributed by atoms with Gasteiger partial charge >= 0.3 is 12.4 Å². The molecule has 0 fully saturated rings. The number of hydrogen-bond acceptors (Lipinski definition) is 4. The summed E-state index contributed by atoms with van der Waals surface area (Å²) in [4.78, 5) is 9.30. The van der Waals surface area contributed by atoms with E-state index in [2.05, 4.69) is 9.97 Å². The van der Waals surface area contributed by atoms with Crippen molar-refractivity contribution in [2.24, 2.45) is 0 Å². The third-order valence-corrected chi connectivity index (χ3v) is 4.78. The lowest BCUT2D eigenvalue weighted by molar-refractivity contribution is -0.142. The van der Waals surface area contributed by atoms with E-state index in [9.17, 15) is 31.4 Å². The molecule has 0 bridgehead atoms. The fraction of sp³-hybridized carbons (Fsp3) is 0.412. The highest BCUT2D eigenvalue weighted by Gasteiger charge is 2.41. The van der Waals surface area contributed by atoms with Crippen molar-refractivity contribution in [3.63, 3.8) is 0 Å². The minimum atomic E-state index is -5.02. The Hall–Kier alpha value is -2.07. The molecule has 1 atom stereocenters. The van der Waals surface area contributed by atoms with Crippen LogP contribution >= 0.6 is 11.6 Å². The molecular formula is C17H14ClF6N3O. The van der Waals surface area contributed by atoms with E-state index in [1.807, 2.05) is 0 Å².